The molecule has 0 aliphatic rings. The van der Waals surface area contributed by atoms with Crippen molar-refractivity contribution in [1.82, 2.24) is 9.97 Å². The second kappa shape index (κ2) is 5.01. The van der Waals surface area contributed by atoms with E-state index in [-0.39, 0.29) is 11.6 Å². The fraction of sp³-hybridized carbons (Fsp3) is 0.0909. The standard InChI is InChI=1S/C11H12N4O2S/c12-10-3-1-2-9(6-10)8-18(16,17)15-11-7-13-4-5-14-11/h1-7H,8,12H2,(H,14,15). The average molecular weight is 264 g/mol. The van der Waals surface area contributed by atoms with Crippen LogP contribution in [0.1, 0.15) is 5.56 Å². The number of anilines is 2. The van der Waals surface area contributed by atoms with E-state index in [4.69, 9.17) is 5.73 Å². The first-order valence-electron chi connectivity index (χ1n) is 5.16. The third-order valence-corrected chi connectivity index (χ3v) is 3.36. The van der Waals surface area contributed by atoms with Gasteiger partial charge in [-0.05, 0) is 17.7 Å². The van der Waals surface area contributed by atoms with Crippen LogP contribution in [0.15, 0.2) is 42.9 Å². The minimum atomic E-state index is -3.51. The Labute approximate surface area is 105 Å². The number of sulfonamides is 1. The summed E-state index contributed by atoms with van der Waals surface area (Å²) in [7, 11) is -3.51. The van der Waals surface area contributed by atoms with Crippen LogP contribution in [0.5, 0.6) is 0 Å². The molecule has 94 valence electrons. The molecular weight excluding hydrogens is 252 g/mol. The monoisotopic (exact) mass is 264 g/mol. The molecule has 0 amide bonds. The summed E-state index contributed by atoms with van der Waals surface area (Å²) in [6.07, 6.45) is 4.23. The molecule has 0 radical (unpaired) electrons. The summed E-state index contributed by atoms with van der Waals surface area (Å²) >= 11 is 0. The van der Waals surface area contributed by atoms with Crippen molar-refractivity contribution in [2.45, 2.75) is 5.75 Å². The molecule has 0 saturated carbocycles. The lowest BCUT2D eigenvalue weighted by molar-refractivity contribution is 0.600. The third kappa shape index (κ3) is 3.42. The summed E-state index contributed by atoms with van der Waals surface area (Å²) in [5.74, 6) is 0.0376. The van der Waals surface area contributed by atoms with Crippen LogP contribution in [-0.4, -0.2) is 18.4 Å². The largest absolute Gasteiger partial charge is 0.399 e. The number of hydrogen-bond donors (Lipinski definition) is 2. The maximum Gasteiger partial charge on any atom is 0.238 e. The van der Waals surface area contributed by atoms with Crippen LogP contribution in [-0.2, 0) is 15.8 Å². The van der Waals surface area contributed by atoms with Crippen LogP contribution in [0.25, 0.3) is 0 Å². The highest BCUT2D eigenvalue weighted by Gasteiger charge is 2.12. The molecule has 1 aromatic heterocycles. The number of rotatable bonds is 4. The quantitative estimate of drug-likeness (QED) is 0.803. The first-order valence-corrected chi connectivity index (χ1v) is 6.81. The van der Waals surface area contributed by atoms with Gasteiger partial charge in [-0.25, -0.2) is 13.4 Å². The Kier molecular flexibility index (Phi) is 3.42. The van der Waals surface area contributed by atoms with Gasteiger partial charge in [0.1, 0.15) is 0 Å². The normalized spacial score (nSPS) is 11.1. The first-order chi connectivity index (χ1) is 8.55. The SMILES string of the molecule is Nc1cccc(CS(=O)(=O)Nc2cnccn2)c1. The summed E-state index contributed by atoms with van der Waals surface area (Å²) in [6.45, 7) is 0. The number of nitrogen functional groups attached to an aromatic ring is 1. The molecular formula is C11H12N4O2S. The molecule has 18 heavy (non-hydrogen) atoms. The van der Waals surface area contributed by atoms with Crippen molar-refractivity contribution in [3.63, 3.8) is 0 Å². The van der Waals surface area contributed by atoms with Gasteiger partial charge in [0.25, 0.3) is 0 Å². The lowest BCUT2D eigenvalue weighted by atomic mass is 10.2. The number of nitrogens with zero attached hydrogens (tertiary/aromatic N) is 2. The smallest absolute Gasteiger partial charge is 0.238 e. The Morgan fingerprint density at radius 2 is 2.11 bits per heavy atom. The first kappa shape index (κ1) is 12.3. The van der Waals surface area contributed by atoms with Gasteiger partial charge in [-0.15, -0.1) is 0 Å². The Balaban J connectivity index is 2.13. The second-order valence-corrected chi connectivity index (χ2v) is 5.42. The van der Waals surface area contributed by atoms with Crippen molar-refractivity contribution in [1.29, 1.82) is 0 Å². The summed E-state index contributed by atoms with van der Waals surface area (Å²) in [5, 5.41) is 0. The van der Waals surface area contributed by atoms with Crippen molar-refractivity contribution >= 4 is 21.5 Å². The lowest BCUT2D eigenvalue weighted by Crippen LogP contribution is -2.16. The van der Waals surface area contributed by atoms with Crippen molar-refractivity contribution in [2.75, 3.05) is 10.5 Å². The van der Waals surface area contributed by atoms with E-state index in [1.54, 1.807) is 24.3 Å². The maximum absolute atomic E-state index is 11.9. The summed E-state index contributed by atoms with van der Waals surface area (Å²) in [6, 6.07) is 6.73. The minimum Gasteiger partial charge on any atom is -0.399 e. The van der Waals surface area contributed by atoms with Gasteiger partial charge >= 0.3 is 0 Å². The van der Waals surface area contributed by atoms with Crippen molar-refractivity contribution in [3.8, 4) is 0 Å². The number of hydrogen-bond acceptors (Lipinski definition) is 5. The molecule has 0 fully saturated rings. The molecule has 1 aromatic carbocycles. The van der Waals surface area contributed by atoms with E-state index in [1.807, 2.05) is 0 Å². The van der Waals surface area contributed by atoms with E-state index in [1.165, 1.54) is 18.6 Å². The van der Waals surface area contributed by atoms with Gasteiger partial charge in [-0.3, -0.25) is 9.71 Å². The lowest BCUT2D eigenvalue weighted by Gasteiger charge is -2.07. The van der Waals surface area contributed by atoms with E-state index in [9.17, 15) is 8.42 Å². The molecule has 2 rings (SSSR count). The van der Waals surface area contributed by atoms with Gasteiger partial charge in [0.2, 0.25) is 10.0 Å². The molecule has 0 bridgehead atoms. The highest BCUT2D eigenvalue weighted by molar-refractivity contribution is 7.91. The van der Waals surface area contributed by atoms with Gasteiger partial charge in [0, 0.05) is 18.1 Å². The number of benzene rings is 1. The maximum atomic E-state index is 11.9. The third-order valence-electron chi connectivity index (χ3n) is 2.13. The summed E-state index contributed by atoms with van der Waals surface area (Å²) in [5.41, 5.74) is 6.74. The molecule has 0 saturated heterocycles. The predicted octanol–water partition coefficient (Wildman–Crippen LogP) is 1.00. The van der Waals surface area contributed by atoms with Crippen molar-refractivity contribution < 1.29 is 8.42 Å². The van der Waals surface area contributed by atoms with Gasteiger partial charge in [-0.2, -0.15) is 0 Å². The molecule has 3 N–H and O–H groups in total. The topological polar surface area (TPSA) is 98.0 Å². The Hall–Kier alpha value is -2.15. The van der Waals surface area contributed by atoms with Gasteiger partial charge in [0.15, 0.2) is 5.82 Å². The zero-order chi connectivity index (χ0) is 13.0. The highest BCUT2D eigenvalue weighted by Crippen LogP contribution is 2.12. The minimum absolute atomic E-state index is 0.158. The number of aromatic nitrogens is 2. The Morgan fingerprint density at radius 1 is 1.28 bits per heavy atom. The Morgan fingerprint density at radius 3 is 2.78 bits per heavy atom. The fourth-order valence-corrected chi connectivity index (χ4v) is 2.56. The molecule has 6 nitrogen and oxygen atoms in total. The van der Waals surface area contributed by atoms with Crippen LogP contribution in [0.2, 0.25) is 0 Å². The average Bonchev–Trinajstić information content (AvgIpc) is 2.28. The Bertz CT molecular complexity index is 629. The number of nitrogens with two attached hydrogens (primary N) is 1. The van der Waals surface area contributed by atoms with E-state index < -0.39 is 10.0 Å². The van der Waals surface area contributed by atoms with Crippen molar-refractivity contribution in [2.24, 2.45) is 0 Å². The molecule has 0 unspecified atom stereocenters. The van der Waals surface area contributed by atoms with Gasteiger partial charge in [-0.1, -0.05) is 12.1 Å². The molecule has 0 atom stereocenters. The van der Waals surface area contributed by atoms with Crippen LogP contribution < -0.4 is 10.5 Å². The summed E-state index contributed by atoms with van der Waals surface area (Å²) in [4.78, 5) is 7.63. The molecule has 0 aliphatic heterocycles. The van der Waals surface area contributed by atoms with Gasteiger partial charge < -0.3 is 5.73 Å². The summed E-state index contributed by atoms with van der Waals surface area (Å²) < 4.78 is 26.1. The van der Waals surface area contributed by atoms with E-state index in [0.29, 0.717) is 11.3 Å². The fourth-order valence-electron chi connectivity index (χ4n) is 1.45. The van der Waals surface area contributed by atoms with E-state index >= 15 is 0 Å². The van der Waals surface area contributed by atoms with Gasteiger partial charge in [0.05, 0.1) is 11.9 Å². The number of nitrogens with one attached hydrogen (secondary N) is 1. The van der Waals surface area contributed by atoms with Crippen LogP contribution in [0, 0.1) is 0 Å². The zero-order valence-electron chi connectivity index (χ0n) is 9.45. The van der Waals surface area contributed by atoms with Crippen molar-refractivity contribution in [3.05, 3.63) is 48.4 Å². The zero-order valence-corrected chi connectivity index (χ0v) is 10.3. The van der Waals surface area contributed by atoms with Crippen LogP contribution >= 0.6 is 0 Å². The predicted molar refractivity (Wildman–Crippen MR) is 69.1 cm³/mol. The van der Waals surface area contributed by atoms with Crippen LogP contribution in [0.3, 0.4) is 0 Å². The molecule has 0 aliphatic carbocycles. The van der Waals surface area contributed by atoms with E-state index in [0.717, 1.165) is 0 Å². The molecule has 0 spiro atoms. The molecule has 7 heteroatoms. The molecule has 1 heterocycles. The molecule has 2 aromatic rings. The van der Waals surface area contributed by atoms with E-state index in [2.05, 4.69) is 14.7 Å². The second-order valence-electron chi connectivity index (χ2n) is 3.70. The highest BCUT2D eigenvalue weighted by atomic mass is 32.2. The van der Waals surface area contributed by atoms with Crippen LogP contribution in [0.4, 0.5) is 11.5 Å².